The first-order chi connectivity index (χ1) is 6.74. The van der Waals surface area contributed by atoms with Crippen molar-refractivity contribution < 1.29 is 4.92 Å². The van der Waals surface area contributed by atoms with Crippen molar-refractivity contribution >= 4 is 5.69 Å². The highest BCUT2D eigenvalue weighted by Crippen LogP contribution is 2.12. The van der Waals surface area contributed by atoms with E-state index in [1.54, 1.807) is 12.1 Å². The Balaban J connectivity index is 2.59. The van der Waals surface area contributed by atoms with E-state index in [-0.39, 0.29) is 5.69 Å². The van der Waals surface area contributed by atoms with Crippen LogP contribution >= 0.6 is 0 Å². The van der Waals surface area contributed by atoms with Crippen LogP contribution in [0.1, 0.15) is 5.56 Å². The predicted octanol–water partition coefficient (Wildman–Crippen LogP) is 1.46. The van der Waals surface area contributed by atoms with E-state index in [9.17, 15) is 10.1 Å². The molecule has 2 N–H and O–H groups in total. The normalized spacial score (nSPS) is 10.6. The van der Waals surface area contributed by atoms with Gasteiger partial charge in [0.1, 0.15) is 0 Å². The molecule has 0 fully saturated rings. The Kier molecular flexibility index (Phi) is 3.54. The zero-order chi connectivity index (χ0) is 10.4. The Morgan fingerprint density at radius 3 is 2.50 bits per heavy atom. The molecule has 1 aromatic carbocycles. The lowest BCUT2D eigenvalue weighted by Crippen LogP contribution is -1.92. The average molecular weight is 194 g/mol. The molecule has 6 nitrogen and oxygen atoms in total. The number of rotatable bonds is 4. The lowest BCUT2D eigenvalue weighted by molar-refractivity contribution is -0.384. The molecule has 14 heavy (non-hydrogen) atoms. The number of hydrogen-bond donors (Lipinski definition) is 1. The minimum Gasteiger partial charge on any atom is -0.305 e. The van der Waals surface area contributed by atoms with Crippen LogP contribution in [0, 0.1) is 10.1 Å². The van der Waals surface area contributed by atoms with Crippen LogP contribution in [0.5, 0.6) is 0 Å². The van der Waals surface area contributed by atoms with Crippen LogP contribution in [-0.4, -0.2) is 11.5 Å². The van der Waals surface area contributed by atoms with Crippen molar-refractivity contribution in [1.82, 2.24) is 0 Å². The molecule has 1 rings (SSSR count). The van der Waals surface area contributed by atoms with Gasteiger partial charge in [-0.2, -0.15) is 5.11 Å². The summed E-state index contributed by atoms with van der Waals surface area (Å²) in [7, 11) is 0. The molecule has 1 aromatic rings. The van der Waals surface area contributed by atoms with Crippen LogP contribution in [0.3, 0.4) is 0 Å². The van der Waals surface area contributed by atoms with Gasteiger partial charge in [0.05, 0.1) is 11.5 Å². The highest BCUT2D eigenvalue weighted by Gasteiger charge is 2.02. The summed E-state index contributed by atoms with van der Waals surface area (Å²) in [5.74, 6) is 4.83. The first-order valence-electron chi connectivity index (χ1n) is 4.04. The zero-order valence-electron chi connectivity index (χ0n) is 7.46. The van der Waals surface area contributed by atoms with Crippen LogP contribution in [0.2, 0.25) is 0 Å². The van der Waals surface area contributed by atoms with E-state index >= 15 is 0 Å². The molecule has 0 saturated carbocycles. The van der Waals surface area contributed by atoms with Gasteiger partial charge in [-0.1, -0.05) is 17.4 Å². The first-order valence-corrected chi connectivity index (χ1v) is 4.04. The maximum Gasteiger partial charge on any atom is 0.269 e. The van der Waals surface area contributed by atoms with Crippen molar-refractivity contribution in [3.05, 3.63) is 39.9 Å². The Hall–Kier alpha value is -1.98. The van der Waals surface area contributed by atoms with Crippen molar-refractivity contribution in [3.8, 4) is 0 Å². The second kappa shape index (κ2) is 4.90. The third kappa shape index (κ3) is 2.81. The summed E-state index contributed by atoms with van der Waals surface area (Å²) >= 11 is 0. The minimum atomic E-state index is -0.427. The van der Waals surface area contributed by atoms with Crippen LogP contribution in [0.25, 0.3) is 0 Å². The number of nitro groups is 1. The highest BCUT2D eigenvalue weighted by molar-refractivity contribution is 5.32. The summed E-state index contributed by atoms with van der Waals surface area (Å²) in [5.41, 5.74) is 1.07. The maximum atomic E-state index is 10.3. The molecule has 0 aliphatic rings. The van der Waals surface area contributed by atoms with Crippen molar-refractivity contribution in [2.45, 2.75) is 6.42 Å². The molecule has 0 saturated heterocycles. The second-order valence-corrected chi connectivity index (χ2v) is 2.65. The fourth-order valence-electron chi connectivity index (χ4n) is 1.02. The van der Waals surface area contributed by atoms with Crippen LogP contribution < -0.4 is 5.84 Å². The lowest BCUT2D eigenvalue weighted by Gasteiger charge is -1.96. The van der Waals surface area contributed by atoms with Gasteiger partial charge in [0.15, 0.2) is 0 Å². The lowest BCUT2D eigenvalue weighted by atomic mass is 10.1. The van der Waals surface area contributed by atoms with Gasteiger partial charge in [0.25, 0.3) is 5.69 Å². The van der Waals surface area contributed by atoms with Gasteiger partial charge in [0, 0.05) is 12.1 Å². The van der Waals surface area contributed by atoms with E-state index in [1.165, 1.54) is 12.1 Å². The summed E-state index contributed by atoms with van der Waals surface area (Å²) < 4.78 is 0. The summed E-state index contributed by atoms with van der Waals surface area (Å²) in [4.78, 5) is 9.90. The molecule has 0 aliphatic heterocycles. The summed E-state index contributed by atoms with van der Waals surface area (Å²) in [5, 5.41) is 17.0. The number of nitro benzene ring substituents is 1. The van der Waals surface area contributed by atoms with Gasteiger partial charge in [-0.25, -0.2) is 0 Å². The molecule has 0 atom stereocenters. The van der Waals surface area contributed by atoms with E-state index in [0.29, 0.717) is 13.0 Å². The van der Waals surface area contributed by atoms with Crippen LogP contribution in [-0.2, 0) is 6.42 Å². The van der Waals surface area contributed by atoms with Gasteiger partial charge in [0.2, 0.25) is 0 Å². The number of nitrogens with zero attached hydrogens (tertiary/aromatic N) is 3. The number of hydrogen-bond acceptors (Lipinski definition) is 4. The SMILES string of the molecule is NN=NCCc1ccc([N+](=O)[O-])cc1. The predicted molar refractivity (Wildman–Crippen MR) is 50.7 cm³/mol. The summed E-state index contributed by atoms with van der Waals surface area (Å²) in [6.45, 7) is 0.494. The van der Waals surface area contributed by atoms with Crippen molar-refractivity contribution in [2.75, 3.05) is 6.54 Å². The first kappa shape index (κ1) is 10.1. The third-order valence-corrected chi connectivity index (χ3v) is 1.73. The molecular weight excluding hydrogens is 184 g/mol. The highest BCUT2D eigenvalue weighted by atomic mass is 16.6. The molecule has 0 aliphatic carbocycles. The summed E-state index contributed by atoms with van der Waals surface area (Å²) in [6, 6.07) is 6.33. The number of non-ortho nitro benzene ring substituents is 1. The molecule has 74 valence electrons. The van der Waals surface area contributed by atoms with Gasteiger partial charge in [-0.15, -0.1) is 0 Å². The quantitative estimate of drug-likeness (QED) is 0.340. The Bertz CT molecular complexity index is 334. The second-order valence-electron chi connectivity index (χ2n) is 2.65. The molecule has 0 bridgehead atoms. The van der Waals surface area contributed by atoms with Gasteiger partial charge >= 0.3 is 0 Å². The Labute approximate surface area is 80.6 Å². The number of benzene rings is 1. The molecule has 0 spiro atoms. The molecular formula is C8H10N4O2. The van der Waals surface area contributed by atoms with Gasteiger partial charge in [-0.05, 0) is 12.0 Å². The van der Waals surface area contributed by atoms with E-state index in [1.807, 2.05) is 0 Å². The average Bonchev–Trinajstić information content (AvgIpc) is 2.19. The van der Waals surface area contributed by atoms with Crippen LogP contribution in [0.4, 0.5) is 5.69 Å². The van der Waals surface area contributed by atoms with Gasteiger partial charge in [-0.3, -0.25) is 10.1 Å². The molecule has 0 aromatic heterocycles. The Morgan fingerprint density at radius 2 is 2.00 bits per heavy atom. The zero-order valence-corrected chi connectivity index (χ0v) is 7.46. The monoisotopic (exact) mass is 194 g/mol. The van der Waals surface area contributed by atoms with E-state index in [4.69, 9.17) is 5.84 Å². The van der Waals surface area contributed by atoms with Crippen LogP contribution in [0.15, 0.2) is 34.6 Å². The standard InChI is InChI=1S/C8H10N4O2/c9-11-10-6-5-7-1-3-8(4-2-7)12(13)14/h1-4H,5-6H2,(H2,9,10). The van der Waals surface area contributed by atoms with Gasteiger partial charge < -0.3 is 5.84 Å². The minimum absolute atomic E-state index is 0.0919. The molecule has 0 amide bonds. The van der Waals surface area contributed by atoms with E-state index < -0.39 is 4.92 Å². The number of nitrogens with two attached hydrogens (primary N) is 1. The van der Waals surface area contributed by atoms with E-state index in [0.717, 1.165) is 5.56 Å². The van der Waals surface area contributed by atoms with Crippen molar-refractivity contribution in [3.63, 3.8) is 0 Å². The molecule has 6 heteroatoms. The summed E-state index contributed by atoms with van der Waals surface area (Å²) in [6.07, 6.45) is 0.679. The fourth-order valence-corrected chi connectivity index (χ4v) is 1.02. The van der Waals surface area contributed by atoms with E-state index in [2.05, 4.69) is 10.3 Å². The van der Waals surface area contributed by atoms with Crippen molar-refractivity contribution in [1.29, 1.82) is 0 Å². The third-order valence-electron chi connectivity index (χ3n) is 1.73. The maximum absolute atomic E-state index is 10.3. The topological polar surface area (TPSA) is 93.9 Å². The Morgan fingerprint density at radius 1 is 1.36 bits per heavy atom. The fraction of sp³-hybridized carbons (Fsp3) is 0.250. The molecule has 0 radical (unpaired) electrons. The molecule has 0 heterocycles. The van der Waals surface area contributed by atoms with Crippen molar-refractivity contribution in [2.24, 2.45) is 16.2 Å². The molecule has 0 unspecified atom stereocenters. The largest absolute Gasteiger partial charge is 0.305 e. The smallest absolute Gasteiger partial charge is 0.269 e.